The maximum absolute atomic E-state index is 11.3. The summed E-state index contributed by atoms with van der Waals surface area (Å²) >= 11 is 0. The highest BCUT2D eigenvalue weighted by molar-refractivity contribution is 6.02. The summed E-state index contributed by atoms with van der Waals surface area (Å²) < 4.78 is 4.90. The van der Waals surface area contributed by atoms with Gasteiger partial charge < -0.3 is 14.9 Å². The van der Waals surface area contributed by atoms with Crippen molar-refractivity contribution in [1.82, 2.24) is 0 Å². The number of carboxylic acids is 2. The Morgan fingerprint density at radius 2 is 1.79 bits per heavy atom. The molecule has 0 fully saturated rings. The van der Waals surface area contributed by atoms with E-state index < -0.39 is 23.5 Å². The molecule has 0 aliphatic rings. The fraction of sp³-hybridized carbons (Fsp3) is 0.154. The summed E-state index contributed by atoms with van der Waals surface area (Å²) in [6.45, 7) is 3.46. The zero-order valence-electron chi connectivity index (χ0n) is 9.96. The lowest BCUT2D eigenvalue weighted by Crippen LogP contribution is -2.11. The number of aromatic carboxylic acids is 2. The minimum atomic E-state index is -1.40. The van der Waals surface area contributed by atoms with Crippen LogP contribution in [0.25, 0.3) is 0 Å². The van der Waals surface area contributed by atoms with Gasteiger partial charge in [-0.2, -0.15) is 0 Å². The van der Waals surface area contributed by atoms with Crippen molar-refractivity contribution >= 4 is 17.9 Å². The number of rotatable bonds is 6. The van der Waals surface area contributed by atoms with E-state index in [-0.39, 0.29) is 17.7 Å². The van der Waals surface area contributed by atoms with Gasteiger partial charge in [-0.25, -0.2) is 9.59 Å². The van der Waals surface area contributed by atoms with E-state index in [2.05, 4.69) is 6.58 Å². The van der Waals surface area contributed by atoms with Crippen molar-refractivity contribution < 1.29 is 29.3 Å². The molecule has 0 unspecified atom stereocenters. The molecule has 2 N–H and O–H groups in total. The number of benzene rings is 1. The van der Waals surface area contributed by atoms with Crippen molar-refractivity contribution in [2.75, 3.05) is 0 Å². The van der Waals surface area contributed by atoms with E-state index in [0.717, 1.165) is 12.1 Å². The van der Waals surface area contributed by atoms with Crippen LogP contribution >= 0.6 is 0 Å². The molecule has 0 bridgehead atoms. The van der Waals surface area contributed by atoms with Crippen LogP contribution in [0.1, 0.15) is 33.6 Å². The highest BCUT2D eigenvalue weighted by atomic mass is 16.5. The molecule has 0 aliphatic carbocycles. The summed E-state index contributed by atoms with van der Waals surface area (Å²) in [6, 6.07) is 3.33. The molecular formula is C13H12O6. The molecule has 0 aromatic heterocycles. The van der Waals surface area contributed by atoms with Crippen LogP contribution in [0.4, 0.5) is 0 Å². The second-order valence-corrected chi connectivity index (χ2v) is 3.62. The third kappa shape index (κ3) is 3.95. The molecule has 1 aromatic rings. The Morgan fingerprint density at radius 3 is 2.32 bits per heavy atom. The van der Waals surface area contributed by atoms with Gasteiger partial charge in [0, 0.05) is 6.42 Å². The van der Waals surface area contributed by atoms with Crippen LogP contribution in [-0.4, -0.2) is 28.1 Å². The van der Waals surface area contributed by atoms with Crippen molar-refractivity contribution in [3.63, 3.8) is 0 Å². The van der Waals surface area contributed by atoms with E-state index in [1.165, 1.54) is 6.07 Å². The zero-order chi connectivity index (χ0) is 14.4. The van der Waals surface area contributed by atoms with Gasteiger partial charge >= 0.3 is 17.9 Å². The van der Waals surface area contributed by atoms with Gasteiger partial charge in [0.2, 0.25) is 0 Å². The number of ether oxygens (including phenoxy) is 1. The normalized spacial score (nSPS) is 9.68. The number of allylic oxidation sites excluding steroid dienone is 1. The lowest BCUT2D eigenvalue weighted by atomic mass is 10.1. The van der Waals surface area contributed by atoms with Gasteiger partial charge in [-0.1, -0.05) is 6.08 Å². The number of esters is 1. The Labute approximate surface area is 108 Å². The molecule has 6 heteroatoms. The quantitative estimate of drug-likeness (QED) is 0.462. The summed E-state index contributed by atoms with van der Waals surface area (Å²) in [4.78, 5) is 33.1. The summed E-state index contributed by atoms with van der Waals surface area (Å²) in [7, 11) is 0. The average Bonchev–Trinajstić information content (AvgIpc) is 2.35. The molecule has 0 aliphatic heterocycles. The Hall–Kier alpha value is -2.63. The molecule has 0 heterocycles. The number of hydrogen-bond acceptors (Lipinski definition) is 4. The van der Waals surface area contributed by atoms with Gasteiger partial charge in [0.25, 0.3) is 0 Å². The average molecular weight is 264 g/mol. The van der Waals surface area contributed by atoms with E-state index in [9.17, 15) is 14.4 Å². The van der Waals surface area contributed by atoms with Crippen molar-refractivity contribution in [2.24, 2.45) is 0 Å². The molecule has 19 heavy (non-hydrogen) atoms. The SMILES string of the molecule is C=CCCC(=O)Oc1ccc(C(=O)O)c(C(=O)O)c1. The summed E-state index contributed by atoms with van der Waals surface area (Å²) in [6.07, 6.45) is 2.11. The third-order valence-corrected chi connectivity index (χ3v) is 2.24. The molecule has 0 amide bonds. The van der Waals surface area contributed by atoms with Crippen molar-refractivity contribution in [1.29, 1.82) is 0 Å². The Morgan fingerprint density at radius 1 is 1.16 bits per heavy atom. The Bertz CT molecular complexity index is 532. The molecule has 100 valence electrons. The van der Waals surface area contributed by atoms with Crippen LogP contribution in [0.3, 0.4) is 0 Å². The first-order valence-corrected chi connectivity index (χ1v) is 5.38. The van der Waals surface area contributed by atoms with Crippen LogP contribution < -0.4 is 4.74 Å². The van der Waals surface area contributed by atoms with Gasteiger partial charge in [0.15, 0.2) is 0 Å². The van der Waals surface area contributed by atoms with E-state index in [0.29, 0.717) is 6.42 Å². The molecule has 0 saturated carbocycles. The Kier molecular flexibility index (Phi) is 4.82. The van der Waals surface area contributed by atoms with E-state index in [1.54, 1.807) is 6.08 Å². The summed E-state index contributed by atoms with van der Waals surface area (Å²) in [5, 5.41) is 17.7. The molecule has 0 radical (unpaired) electrons. The van der Waals surface area contributed by atoms with Gasteiger partial charge in [-0.15, -0.1) is 6.58 Å². The van der Waals surface area contributed by atoms with Gasteiger partial charge in [-0.3, -0.25) is 4.79 Å². The van der Waals surface area contributed by atoms with Crippen molar-refractivity contribution in [3.05, 3.63) is 42.0 Å². The monoisotopic (exact) mass is 264 g/mol. The summed E-state index contributed by atoms with van der Waals surface area (Å²) in [5.41, 5.74) is -0.792. The molecule has 6 nitrogen and oxygen atoms in total. The summed E-state index contributed by atoms with van der Waals surface area (Å²) in [5.74, 6) is -3.31. The minimum Gasteiger partial charge on any atom is -0.478 e. The van der Waals surface area contributed by atoms with E-state index in [4.69, 9.17) is 14.9 Å². The molecule has 0 atom stereocenters. The standard InChI is InChI=1S/C13H12O6/c1-2-3-4-11(14)19-8-5-6-9(12(15)16)10(7-8)13(17)18/h2,5-7H,1,3-4H2,(H,15,16)(H,17,18). The smallest absolute Gasteiger partial charge is 0.336 e. The van der Waals surface area contributed by atoms with E-state index >= 15 is 0 Å². The van der Waals surface area contributed by atoms with Crippen molar-refractivity contribution in [3.8, 4) is 5.75 Å². The third-order valence-electron chi connectivity index (χ3n) is 2.24. The molecule has 1 rings (SSSR count). The first-order valence-electron chi connectivity index (χ1n) is 5.38. The lowest BCUT2D eigenvalue weighted by Gasteiger charge is -2.06. The maximum Gasteiger partial charge on any atom is 0.336 e. The van der Waals surface area contributed by atoms with Crippen LogP contribution in [-0.2, 0) is 4.79 Å². The first-order chi connectivity index (χ1) is 8.95. The lowest BCUT2D eigenvalue weighted by molar-refractivity contribution is -0.134. The van der Waals surface area contributed by atoms with Gasteiger partial charge in [0.1, 0.15) is 5.75 Å². The zero-order valence-corrected chi connectivity index (χ0v) is 9.96. The minimum absolute atomic E-state index is 0.00328. The largest absolute Gasteiger partial charge is 0.478 e. The van der Waals surface area contributed by atoms with Crippen LogP contribution in [0.15, 0.2) is 30.9 Å². The highest BCUT2D eigenvalue weighted by Gasteiger charge is 2.17. The number of carboxylic acid groups (broad SMARTS) is 2. The van der Waals surface area contributed by atoms with Crippen molar-refractivity contribution in [2.45, 2.75) is 12.8 Å². The second-order valence-electron chi connectivity index (χ2n) is 3.62. The molecule has 1 aromatic carbocycles. The predicted octanol–water partition coefficient (Wildman–Crippen LogP) is 1.95. The van der Waals surface area contributed by atoms with Crippen LogP contribution in [0.5, 0.6) is 5.75 Å². The van der Waals surface area contributed by atoms with E-state index in [1.807, 2.05) is 0 Å². The first kappa shape index (κ1) is 14.4. The molecular weight excluding hydrogens is 252 g/mol. The van der Waals surface area contributed by atoms with Gasteiger partial charge in [-0.05, 0) is 24.6 Å². The second kappa shape index (κ2) is 6.34. The fourth-order valence-electron chi connectivity index (χ4n) is 1.35. The van der Waals surface area contributed by atoms with Gasteiger partial charge in [0.05, 0.1) is 11.1 Å². The predicted molar refractivity (Wildman–Crippen MR) is 65.4 cm³/mol. The molecule has 0 saturated heterocycles. The van der Waals surface area contributed by atoms with Crippen LogP contribution in [0, 0.1) is 0 Å². The fourth-order valence-corrected chi connectivity index (χ4v) is 1.35. The maximum atomic E-state index is 11.3. The number of carbonyl (C=O) groups is 3. The highest BCUT2D eigenvalue weighted by Crippen LogP contribution is 2.19. The molecule has 0 spiro atoms. The topological polar surface area (TPSA) is 101 Å². The Balaban J connectivity index is 2.96. The van der Waals surface area contributed by atoms with Crippen LogP contribution in [0.2, 0.25) is 0 Å². The number of hydrogen-bond donors (Lipinski definition) is 2. The number of carbonyl (C=O) groups excluding carboxylic acids is 1.